The van der Waals surface area contributed by atoms with Gasteiger partial charge in [-0.15, -0.1) is 0 Å². The molecule has 2 saturated heterocycles. The maximum atomic E-state index is 9.18. The van der Waals surface area contributed by atoms with E-state index in [1.807, 2.05) is 0 Å². The Labute approximate surface area is 49.1 Å². The Hall–Kier alpha value is -0.0800. The van der Waals surface area contributed by atoms with Crippen molar-refractivity contribution in [3.05, 3.63) is 0 Å². The van der Waals surface area contributed by atoms with Crippen LogP contribution in [0.25, 0.3) is 0 Å². The van der Waals surface area contributed by atoms with Crippen molar-refractivity contribution in [2.24, 2.45) is 5.92 Å². The van der Waals surface area contributed by atoms with Gasteiger partial charge in [-0.2, -0.15) is 0 Å². The number of hydrogen-bond acceptors (Lipinski definition) is 2. The van der Waals surface area contributed by atoms with Gasteiger partial charge < -0.3 is 10.0 Å². The molecule has 0 aromatic rings. The third-order valence-electron chi connectivity index (χ3n) is 2.30. The van der Waals surface area contributed by atoms with Gasteiger partial charge in [0.1, 0.15) is 0 Å². The molecule has 2 aliphatic rings. The fourth-order valence-electron chi connectivity index (χ4n) is 1.76. The minimum Gasteiger partial charge on any atom is -0.391 e. The first-order valence-electron chi connectivity index (χ1n) is 3.26. The molecule has 0 amide bonds. The first-order chi connectivity index (χ1) is 3.86. The average Bonchev–Trinajstić information content (AvgIpc) is 2.23. The van der Waals surface area contributed by atoms with Crippen LogP contribution in [0, 0.1) is 5.92 Å². The van der Waals surface area contributed by atoms with E-state index in [-0.39, 0.29) is 6.10 Å². The van der Waals surface area contributed by atoms with E-state index in [1.54, 1.807) is 0 Å². The van der Waals surface area contributed by atoms with Gasteiger partial charge in [0.15, 0.2) is 0 Å². The molecule has 0 aromatic carbocycles. The molecular weight excluding hydrogens is 102 g/mol. The molecule has 0 aliphatic carbocycles. The van der Waals surface area contributed by atoms with Crippen LogP contribution in [-0.2, 0) is 0 Å². The molecule has 2 nitrogen and oxygen atoms in total. The molecule has 3 atom stereocenters. The lowest BCUT2D eigenvalue weighted by Crippen LogP contribution is -2.26. The quantitative estimate of drug-likeness (QED) is 0.465. The van der Waals surface area contributed by atoms with Gasteiger partial charge in [0.05, 0.1) is 6.10 Å². The molecule has 0 aromatic heterocycles. The summed E-state index contributed by atoms with van der Waals surface area (Å²) in [6.45, 7) is 3.31. The summed E-state index contributed by atoms with van der Waals surface area (Å²) in [6.07, 6.45) is 1.23. The average molecular weight is 113 g/mol. The lowest BCUT2D eigenvalue weighted by molar-refractivity contribution is 0.118. The molecule has 1 N–H and O–H groups in total. The summed E-state index contributed by atoms with van der Waals surface area (Å²) in [5.41, 5.74) is 0. The highest BCUT2D eigenvalue weighted by atomic mass is 16.3. The Bertz CT molecular complexity index is 103. The zero-order valence-corrected chi connectivity index (χ0v) is 4.88. The topological polar surface area (TPSA) is 23.5 Å². The Balaban J connectivity index is 2.11. The van der Waals surface area contributed by atoms with Crippen molar-refractivity contribution in [1.29, 1.82) is 0 Å². The molecule has 2 aliphatic heterocycles. The molecule has 0 spiro atoms. The van der Waals surface area contributed by atoms with Crippen molar-refractivity contribution < 1.29 is 5.11 Å². The summed E-state index contributed by atoms with van der Waals surface area (Å²) in [4.78, 5) is 2.33. The normalized spacial score (nSPS) is 52.9. The van der Waals surface area contributed by atoms with Gasteiger partial charge in [0.25, 0.3) is 0 Å². The van der Waals surface area contributed by atoms with E-state index < -0.39 is 0 Å². The van der Waals surface area contributed by atoms with Crippen molar-refractivity contribution in [2.75, 3.05) is 19.6 Å². The van der Waals surface area contributed by atoms with Crippen molar-refractivity contribution in [3.63, 3.8) is 0 Å². The van der Waals surface area contributed by atoms with Crippen LogP contribution in [0.4, 0.5) is 0 Å². The summed E-state index contributed by atoms with van der Waals surface area (Å²) < 4.78 is 0. The molecule has 2 heteroatoms. The summed E-state index contributed by atoms with van der Waals surface area (Å²) >= 11 is 0. The number of hydrogen-bond donors (Lipinski definition) is 1. The number of aliphatic hydroxyl groups is 1. The van der Waals surface area contributed by atoms with Gasteiger partial charge in [-0.25, -0.2) is 0 Å². The molecule has 46 valence electrons. The fraction of sp³-hybridized carbons (Fsp3) is 1.00. The van der Waals surface area contributed by atoms with Crippen LogP contribution in [0.5, 0.6) is 0 Å². The first-order valence-corrected chi connectivity index (χ1v) is 3.26. The molecular formula is C6H11NO. The lowest BCUT2D eigenvalue weighted by atomic mass is 10.0. The Morgan fingerprint density at radius 1 is 1.38 bits per heavy atom. The molecule has 2 unspecified atom stereocenters. The van der Waals surface area contributed by atoms with Gasteiger partial charge in [-0.3, -0.25) is 0 Å². The molecule has 0 saturated carbocycles. The third kappa shape index (κ3) is 0.501. The summed E-state index contributed by atoms with van der Waals surface area (Å²) in [7, 11) is 0. The smallest absolute Gasteiger partial charge is 0.0707 e. The van der Waals surface area contributed by atoms with E-state index in [4.69, 9.17) is 0 Å². The van der Waals surface area contributed by atoms with Gasteiger partial charge in [-0.1, -0.05) is 0 Å². The minimum atomic E-state index is 0.00347. The predicted molar refractivity (Wildman–Crippen MR) is 30.6 cm³/mol. The monoisotopic (exact) mass is 113 g/mol. The second kappa shape index (κ2) is 1.45. The molecule has 2 bridgehead atoms. The summed E-state index contributed by atoms with van der Waals surface area (Å²) in [6, 6.07) is 0. The van der Waals surface area contributed by atoms with E-state index in [9.17, 15) is 5.11 Å². The summed E-state index contributed by atoms with van der Waals surface area (Å²) in [5.74, 6) is 0.620. The molecule has 2 fully saturated rings. The standard InChI is InChI=1S/C6H11NO/c8-6-4-7-2-1-5(6)3-7/h5-6,8H,1-4H2/t5-,6?/m1/s1. The molecule has 8 heavy (non-hydrogen) atoms. The SMILES string of the molecule is OC1CN2CC[C@@H]1C2. The van der Waals surface area contributed by atoms with Crippen molar-refractivity contribution in [3.8, 4) is 0 Å². The van der Waals surface area contributed by atoms with E-state index in [0.717, 1.165) is 13.1 Å². The molecule has 0 radical (unpaired) electrons. The molecule has 2 rings (SSSR count). The van der Waals surface area contributed by atoms with Crippen LogP contribution in [-0.4, -0.2) is 35.7 Å². The molecule has 2 heterocycles. The zero-order valence-electron chi connectivity index (χ0n) is 4.88. The number of nitrogens with zero attached hydrogens (tertiary/aromatic N) is 1. The van der Waals surface area contributed by atoms with Crippen LogP contribution >= 0.6 is 0 Å². The van der Waals surface area contributed by atoms with Crippen LogP contribution < -0.4 is 0 Å². The van der Waals surface area contributed by atoms with Gasteiger partial charge in [0.2, 0.25) is 0 Å². The van der Waals surface area contributed by atoms with Crippen molar-refractivity contribution in [2.45, 2.75) is 12.5 Å². The van der Waals surface area contributed by atoms with E-state index >= 15 is 0 Å². The Morgan fingerprint density at radius 2 is 2.25 bits per heavy atom. The lowest BCUT2D eigenvalue weighted by Gasteiger charge is -2.15. The predicted octanol–water partition coefficient (Wildman–Crippen LogP) is -0.317. The van der Waals surface area contributed by atoms with Crippen LogP contribution in [0.3, 0.4) is 0 Å². The van der Waals surface area contributed by atoms with Gasteiger partial charge in [0, 0.05) is 19.0 Å². The van der Waals surface area contributed by atoms with Crippen molar-refractivity contribution >= 4 is 0 Å². The first kappa shape index (κ1) is 4.77. The van der Waals surface area contributed by atoms with Crippen molar-refractivity contribution in [1.82, 2.24) is 4.90 Å². The van der Waals surface area contributed by atoms with Crippen LogP contribution in [0.2, 0.25) is 0 Å². The number of fused-ring (bicyclic) bond motifs is 2. The third-order valence-corrected chi connectivity index (χ3v) is 2.30. The zero-order chi connectivity index (χ0) is 5.56. The second-order valence-corrected chi connectivity index (χ2v) is 2.88. The van der Waals surface area contributed by atoms with E-state index in [2.05, 4.69) is 4.90 Å². The highest BCUT2D eigenvalue weighted by molar-refractivity contribution is 4.89. The number of aliphatic hydroxyl groups excluding tert-OH is 1. The van der Waals surface area contributed by atoms with Gasteiger partial charge >= 0.3 is 0 Å². The number of rotatable bonds is 0. The second-order valence-electron chi connectivity index (χ2n) is 2.88. The maximum absolute atomic E-state index is 9.18. The largest absolute Gasteiger partial charge is 0.391 e. The van der Waals surface area contributed by atoms with Gasteiger partial charge in [-0.05, 0) is 13.0 Å². The highest BCUT2D eigenvalue weighted by Crippen LogP contribution is 2.27. The maximum Gasteiger partial charge on any atom is 0.0707 e. The minimum absolute atomic E-state index is 0.00347. The van der Waals surface area contributed by atoms with E-state index in [0.29, 0.717) is 5.92 Å². The Morgan fingerprint density at radius 3 is 2.50 bits per heavy atom. The van der Waals surface area contributed by atoms with Crippen LogP contribution in [0.1, 0.15) is 6.42 Å². The van der Waals surface area contributed by atoms with Crippen LogP contribution in [0.15, 0.2) is 0 Å². The fourth-order valence-corrected chi connectivity index (χ4v) is 1.76. The van der Waals surface area contributed by atoms with E-state index in [1.165, 1.54) is 13.0 Å². The number of piperidine rings is 1. The Kier molecular flexibility index (Phi) is 0.866. The summed E-state index contributed by atoms with van der Waals surface area (Å²) in [5, 5.41) is 9.18. The highest BCUT2D eigenvalue weighted by Gasteiger charge is 2.36.